The summed E-state index contributed by atoms with van der Waals surface area (Å²) in [5.41, 5.74) is 1.16. The lowest BCUT2D eigenvalue weighted by atomic mass is 9.99. The topological polar surface area (TPSA) is 74.6 Å². The predicted octanol–water partition coefficient (Wildman–Crippen LogP) is 2.88. The Morgan fingerprint density at radius 1 is 1.00 bits per heavy atom. The molecule has 1 aromatic heterocycles. The van der Waals surface area contributed by atoms with Gasteiger partial charge >= 0.3 is 6.03 Å². The van der Waals surface area contributed by atoms with Crippen LogP contribution in [0, 0.1) is 0 Å². The van der Waals surface area contributed by atoms with E-state index in [1.807, 2.05) is 47.9 Å². The maximum Gasteiger partial charge on any atom is 0.325 e. The minimum absolute atomic E-state index is 0.0267. The number of aliphatic hydroxyl groups excluding tert-OH is 1. The number of hydrogen-bond donors (Lipinski definition) is 2. The molecule has 4 rings (SSSR count). The highest BCUT2D eigenvalue weighted by molar-refractivity contribution is 6.08. The summed E-state index contributed by atoms with van der Waals surface area (Å²) < 4.78 is 2.05. The van der Waals surface area contributed by atoms with Crippen LogP contribution in [0.3, 0.4) is 0 Å². The number of rotatable bonds is 5. The summed E-state index contributed by atoms with van der Waals surface area (Å²) in [6, 6.07) is 15.6. The van der Waals surface area contributed by atoms with Gasteiger partial charge in [-0.25, -0.2) is 4.79 Å². The van der Waals surface area contributed by atoms with Crippen molar-refractivity contribution < 1.29 is 14.7 Å². The summed E-state index contributed by atoms with van der Waals surface area (Å²) >= 11 is 0. The summed E-state index contributed by atoms with van der Waals surface area (Å²) in [6.45, 7) is 3.85. The Kier molecular flexibility index (Phi) is 4.15. The third kappa shape index (κ3) is 2.77. The van der Waals surface area contributed by atoms with E-state index in [0.29, 0.717) is 13.0 Å². The molecule has 0 spiro atoms. The molecule has 0 unspecified atom stereocenters. The van der Waals surface area contributed by atoms with E-state index in [0.717, 1.165) is 26.7 Å². The van der Waals surface area contributed by atoms with Gasteiger partial charge in [-0.2, -0.15) is 0 Å². The second kappa shape index (κ2) is 6.39. The van der Waals surface area contributed by atoms with E-state index in [9.17, 15) is 14.7 Å². The standard InChI is InChI=1S/C21H23N3O3/c1-3-21(2)19(26)24(20(27)22-21)13-14(25)12-23-17-10-6-4-8-15(17)16-9-5-7-11-18(16)23/h4-11,14,25H,3,12-13H2,1-2H3,(H,22,27)/t14-,21+/m1/s1. The number of benzene rings is 2. The van der Waals surface area contributed by atoms with Crippen LogP contribution >= 0.6 is 0 Å². The molecule has 2 atom stereocenters. The van der Waals surface area contributed by atoms with Gasteiger partial charge in [0.1, 0.15) is 5.54 Å². The molecule has 3 amide bonds. The first-order chi connectivity index (χ1) is 12.9. The summed E-state index contributed by atoms with van der Waals surface area (Å²) in [6.07, 6.45) is -0.352. The average molecular weight is 365 g/mol. The molecule has 2 N–H and O–H groups in total. The van der Waals surface area contributed by atoms with Crippen LogP contribution in [-0.2, 0) is 11.3 Å². The van der Waals surface area contributed by atoms with E-state index < -0.39 is 17.7 Å². The smallest absolute Gasteiger partial charge is 0.325 e. The van der Waals surface area contributed by atoms with Crippen LogP contribution in [0.25, 0.3) is 21.8 Å². The first-order valence-electron chi connectivity index (χ1n) is 9.23. The molecule has 6 heteroatoms. The lowest BCUT2D eigenvalue weighted by molar-refractivity contribution is -0.131. The Labute approximate surface area is 157 Å². The summed E-state index contributed by atoms with van der Waals surface area (Å²) in [7, 11) is 0. The minimum atomic E-state index is -0.885. The van der Waals surface area contributed by atoms with Crippen molar-refractivity contribution in [3.8, 4) is 0 Å². The van der Waals surface area contributed by atoms with Crippen molar-refractivity contribution in [1.29, 1.82) is 0 Å². The van der Waals surface area contributed by atoms with Gasteiger partial charge in [-0.3, -0.25) is 9.69 Å². The lowest BCUT2D eigenvalue weighted by Gasteiger charge is -2.21. The van der Waals surface area contributed by atoms with Gasteiger partial charge in [-0.05, 0) is 25.5 Å². The van der Waals surface area contributed by atoms with Crippen molar-refractivity contribution in [1.82, 2.24) is 14.8 Å². The number of β-amino-alcohol motifs (C(OH)–C–C–N with tert-alkyl or cyclic N) is 1. The SMILES string of the molecule is CC[C@]1(C)NC(=O)N(C[C@H](O)Cn2c3ccccc3c3ccccc32)C1=O. The number of para-hydroxylation sites is 2. The third-order valence-corrected chi connectivity index (χ3v) is 5.52. The molecule has 6 nitrogen and oxygen atoms in total. The molecule has 1 aliphatic rings. The molecular weight excluding hydrogens is 342 g/mol. The number of nitrogens with zero attached hydrogens (tertiary/aromatic N) is 2. The number of urea groups is 1. The maximum absolute atomic E-state index is 12.6. The molecular formula is C21H23N3O3. The number of aliphatic hydroxyl groups is 1. The highest BCUT2D eigenvalue weighted by Gasteiger charge is 2.46. The van der Waals surface area contributed by atoms with Crippen molar-refractivity contribution >= 4 is 33.7 Å². The normalized spacial score (nSPS) is 21.2. The minimum Gasteiger partial charge on any atom is -0.389 e. The first kappa shape index (κ1) is 17.5. The molecule has 2 aromatic carbocycles. The number of carbonyl (C=O) groups excluding carboxylic acids is 2. The van der Waals surface area contributed by atoms with Gasteiger partial charge in [0, 0.05) is 21.8 Å². The van der Waals surface area contributed by atoms with Gasteiger partial charge in [0.25, 0.3) is 5.91 Å². The van der Waals surface area contributed by atoms with Crippen LogP contribution < -0.4 is 5.32 Å². The summed E-state index contributed by atoms with van der Waals surface area (Å²) in [4.78, 5) is 25.9. The number of hydrogen-bond acceptors (Lipinski definition) is 3. The van der Waals surface area contributed by atoms with Crippen molar-refractivity contribution in [3.05, 3.63) is 48.5 Å². The molecule has 27 heavy (non-hydrogen) atoms. The van der Waals surface area contributed by atoms with Gasteiger partial charge in [0.05, 0.1) is 19.2 Å². The van der Waals surface area contributed by atoms with Crippen molar-refractivity contribution in [2.24, 2.45) is 0 Å². The first-order valence-corrected chi connectivity index (χ1v) is 9.23. The second-order valence-electron chi connectivity index (χ2n) is 7.33. The fourth-order valence-electron chi connectivity index (χ4n) is 3.83. The number of amides is 3. The zero-order chi connectivity index (χ0) is 19.2. The van der Waals surface area contributed by atoms with Crippen molar-refractivity contribution in [2.45, 2.75) is 38.5 Å². The largest absolute Gasteiger partial charge is 0.389 e. The van der Waals surface area contributed by atoms with E-state index in [1.165, 1.54) is 0 Å². The molecule has 0 saturated carbocycles. The molecule has 1 aliphatic heterocycles. The molecule has 0 aliphatic carbocycles. The average Bonchev–Trinajstić information content (AvgIpc) is 3.10. The van der Waals surface area contributed by atoms with E-state index >= 15 is 0 Å². The van der Waals surface area contributed by atoms with Crippen LogP contribution in [0.2, 0.25) is 0 Å². The summed E-state index contributed by atoms with van der Waals surface area (Å²) in [5.74, 6) is -0.281. The van der Waals surface area contributed by atoms with E-state index in [1.54, 1.807) is 6.92 Å². The molecule has 1 fully saturated rings. The highest BCUT2D eigenvalue weighted by atomic mass is 16.3. The number of aromatic nitrogens is 1. The number of fused-ring (bicyclic) bond motifs is 3. The van der Waals surface area contributed by atoms with Gasteiger partial charge < -0.3 is 15.0 Å². The predicted molar refractivity (Wildman–Crippen MR) is 104 cm³/mol. The molecule has 3 aromatic rings. The Morgan fingerprint density at radius 3 is 2.07 bits per heavy atom. The number of imide groups is 1. The van der Waals surface area contributed by atoms with Gasteiger partial charge in [0.15, 0.2) is 0 Å². The van der Waals surface area contributed by atoms with Crippen molar-refractivity contribution in [2.75, 3.05) is 6.54 Å². The van der Waals surface area contributed by atoms with Gasteiger partial charge in [-0.15, -0.1) is 0 Å². The zero-order valence-corrected chi connectivity index (χ0v) is 15.5. The Morgan fingerprint density at radius 2 is 1.56 bits per heavy atom. The Hall–Kier alpha value is -2.86. The molecule has 0 radical (unpaired) electrons. The van der Waals surface area contributed by atoms with Crippen LogP contribution in [0.4, 0.5) is 4.79 Å². The van der Waals surface area contributed by atoms with E-state index in [4.69, 9.17) is 0 Å². The zero-order valence-electron chi connectivity index (χ0n) is 15.5. The number of nitrogens with one attached hydrogen (secondary N) is 1. The summed E-state index contributed by atoms with van der Waals surface area (Å²) in [5, 5.41) is 15.6. The molecule has 1 saturated heterocycles. The lowest BCUT2D eigenvalue weighted by Crippen LogP contribution is -2.44. The van der Waals surface area contributed by atoms with Crippen molar-refractivity contribution in [3.63, 3.8) is 0 Å². The quantitative estimate of drug-likeness (QED) is 0.683. The Bertz CT molecular complexity index is 988. The van der Waals surface area contributed by atoms with E-state index in [-0.39, 0.29) is 12.5 Å². The fraction of sp³-hybridized carbons (Fsp3) is 0.333. The fourth-order valence-corrected chi connectivity index (χ4v) is 3.83. The van der Waals surface area contributed by atoms with Gasteiger partial charge in [-0.1, -0.05) is 43.3 Å². The highest BCUT2D eigenvalue weighted by Crippen LogP contribution is 2.29. The van der Waals surface area contributed by atoms with Crippen LogP contribution in [0.1, 0.15) is 20.3 Å². The Balaban J connectivity index is 1.63. The molecule has 140 valence electrons. The van der Waals surface area contributed by atoms with Crippen LogP contribution in [0.5, 0.6) is 0 Å². The van der Waals surface area contributed by atoms with Gasteiger partial charge in [0.2, 0.25) is 0 Å². The monoisotopic (exact) mass is 365 g/mol. The van der Waals surface area contributed by atoms with E-state index in [2.05, 4.69) is 17.4 Å². The van der Waals surface area contributed by atoms with Crippen LogP contribution in [-0.4, -0.2) is 44.7 Å². The number of carbonyl (C=O) groups is 2. The third-order valence-electron chi connectivity index (χ3n) is 5.52. The maximum atomic E-state index is 12.6. The second-order valence-corrected chi connectivity index (χ2v) is 7.33. The molecule has 0 bridgehead atoms. The van der Waals surface area contributed by atoms with Crippen LogP contribution in [0.15, 0.2) is 48.5 Å². The molecule has 2 heterocycles.